The van der Waals surface area contributed by atoms with Gasteiger partial charge in [-0.05, 0) is 44.9 Å². The number of hydrogen-bond donors (Lipinski definition) is 0. The van der Waals surface area contributed by atoms with Crippen LogP contribution in [0.3, 0.4) is 0 Å². The molecule has 0 saturated heterocycles. The molecule has 1 saturated carbocycles. The molecule has 1 fully saturated rings. The summed E-state index contributed by atoms with van der Waals surface area (Å²) in [6, 6.07) is 5.73. The summed E-state index contributed by atoms with van der Waals surface area (Å²) in [5, 5.41) is 0. The van der Waals surface area contributed by atoms with E-state index in [9.17, 15) is 9.59 Å². The highest BCUT2D eigenvalue weighted by atomic mass is 79.9. The third kappa shape index (κ3) is 3.73. The number of benzene rings is 1. The van der Waals surface area contributed by atoms with E-state index in [1.807, 2.05) is 4.90 Å². The molecule has 0 unspecified atom stereocenters. The second-order valence-electron chi connectivity index (χ2n) is 5.95. The topological polar surface area (TPSA) is 37.4 Å². The molecule has 114 valence electrons. The van der Waals surface area contributed by atoms with Gasteiger partial charge in [-0.15, -0.1) is 0 Å². The Hall–Kier alpha value is -1.16. The van der Waals surface area contributed by atoms with Crippen LogP contribution < -0.4 is 0 Å². The summed E-state index contributed by atoms with van der Waals surface area (Å²) in [4.78, 5) is 25.7. The lowest BCUT2D eigenvalue weighted by molar-refractivity contribution is 0.0555. The summed E-state index contributed by atoms with van der Waals surface area (Å²) in [7, 11) is 0. The van der Waals surface area contributed by atoms with E-state index in [-0.39, 0.29) is 11.9 Å². The zero-order chi connectivity index (χ0) is 15.4. The molecule has 1 aromatic rings. The van der Waals surface area contributed by atoms with Crippen LogP contribution in [0.15, 0.2) is 22.7 Å². The summed E-state index contributed by atoms with van der Waals surface area (Å²) in [6.07, 6.45) is 6.66. The Morgan fingerprint density at radius 3 is 2.48 bits per heavy atom. The fourth-order valence-electron chi connectivity index (χ4n) is 3.09. The van der Waals surface area contributed by atoms with E-state index >= 15 is 0 Å². The van der Waals surface area contributed by atoms with Crippen molar-refractivity contribution in [1.82, 2.24) is 4.90 Å². The van der Waals surface area contributed by atoms with Crippen LogP contribution in [0.25, 0.3) is 0 Å². The zero-order valence-electron chi connectivity index (χ0n) is 12.6. The number of amides is 1. The van der Waals surface area contributed by atoms with Crippen molar-refractivity contribution in [2.24, 2.45) is 0 Å². The first-order valence-corrected chi connectivity index (χ1v) is 8.41. The average molecular weight is 352 g/mol. The van der Waals surface area contributed by atoms with Gasteiger partial charge in [0, 0.05) is 27.7 Å². The predicted octanol–water partition coefficient (Wildman–Crippen LogP) is 4.44. The minimum Gasteiger partial charge on any atom is -0.333 e. The van der Waals surface area contributed by atoms with Gasteiger partial charge in [-0.2, -0.15) is 0 Å². The molecular formula is C17H22BrNO2. The van der Waals surface area contributed by atoms with Crippen LogP contribution in [0.1, 0.15) is 66.7 Å². The number of aldehydes is 1. The Labute approximate surface area is 134 Å². The molecule has 0 bridgehead atoms. The van der Waals surface area contributed by atoms with E-state index < -0.39 is 0 Å². The average Bonchev–Trinajstić information content (AvgIpc) is 2.48. The third-order valence-electron chi connectivity index (χ3n) is 4.13. The van der Waals surface area contributed by atoms with Crippen molar-refractivity contribution in [3.8, 4) is 0 Å². The lowest BCUT2D eigenvalue weighted by Gasteiger charge is -2.37. The van der Waals surface area contributed by atoms with Crippen molar-refractivity contribution < 1.29 is 9.59 Å². The molecule has 3 nitrogen and oxygen atoms in total. The molecule has 0 heterocycles. The van der Waals surface area contributed by atoms with E-state index in [1.54, 1.807) is 18.2 Å². The summed E-state index contributed by atoms with van der Waals surface area (Å²) in [6.45, 7) is 4.14. The highest BCUT2D eigenvalue weighted by Crippen LogP contribution is 2.27. The zero-order valence-corrected chi connectivity index (χ0v) is 14.2. The Balaban J connectivity index is 2.25. The minimum atomic E-state index is 0.0649. The quantitative estimate of drug-likeness (QED) is 0.751. The summed E-state index contributed by atoms with van der Waals surface area (Å²) < 4.78 is 0.677. The number of halogens is 1. The number of nitrogens with zero attached hydrogens (tertiary/aromatic N) is 1. The van der Waals surface area contributed by atoms with E-state index in [0.29, 0.717) is 21.6 Å². The van der Waals surface area contributed by atoms with Gasteiger partial charge in [-0.3, -0.25) is 9.59 Å². The van der Waals surface area contributed by atoms with Gasteiger partial charge in [0.1, 0.15) is 0 Å². The molecule has 1 aliphatic carbocycles. The van der Waals surface area contributed by atoms with Gasteiger partial charge in [-0.1, -0.05) is 35.2 Å². The predicted molar refractivity (Wildman–Crippen MR) is 87.7 cm³/mol. The maximum Gasteiger partial charge on any atom is 0.254 e. The van der Waals surface area contributed by atoms with Gasteiger partial charge in [0.05, 0.1) is 0 Å². The fourth-order valence-corrected chi connectivity index (χ4v) is 3.56. The van der Waals surface area contributed by atoms with Crippen LogP contribution >= 0.6 is 15.9 Å². The molecule has 1 amide bonds. The number of carbonyl (C=O) groups excluding carboxylic acids is 2. The number of rotatable bonds is 4. The second kappa shape index (κ2) is 7.21. The summed E-state index contributed by atoms with van der Waals surface area (Å²) in [5.41, 5.74) is 1.21. The first-order valence-electron chi connectivity index (χ1n) is 7.62. The van der Waals surface area contributed by atoms with Gasteiger partial charge in [0.15, 0.2) is 6.29 Å². The van der Waals surface area contributed by atoms with Crippen molar-refractivity contribution in [2.75, 3.05) is 0 Å². The van der Waals surface area contributed by atoms with Crippen molar-refractivity contribution in [1.29, 1.82) is 0 Å². The Bertz CT molecular complexity index is 522. The molecule has 1 aromatic carbocycles. The van der Waals surface area contributed by atoms with Crippen molar-refractivity contribution in [3.63, 3.8) is 0 Å². The number of carbonyl (C=O) groups is 2. The third-order valence-corrected chi connectivity index (χ3v) is 4.82. The molecule has 0 aromatic heterocycles. The van der Waals surface area contributed by atoms with Gasteiger partial charge in [0.2, 0.25) is 0 Å². The largest absolute Gasteiger partial charge is 0.333 e. The maximum atomic E-state index is 12.9. The normalized spacial score (nSPS) is 16.0. The molecule has 4 heteroatoms. The molecule has 0 radical (unpaired) electrons. The van der Waals surface area contributed by atoms with E-state index in [0.717, 1.165) is 19.1 Å². The Kier molecular flexibility index (Phi) is 5.57. The Morgan fingerprint density at radius 1 is 1.29 bits per heavy atom. The van der Waals surface area contributed by atoms with Crippen molar-refractivity contribution in [3.05, 3.63) is 33.8 Å². The Morgan fingerprint density at radius 2 is 1.95 bits per heavy atom. The van der Waals surface area contributed by atoms with E-state index in [2.05, 4.69) is 29.8 Å². The maximum absolute atomic E-state index is 12.9. The standard InChI is InChI=1S/C17H22BrNO2/c1-12(2)19(15-6-4-3-5-7-15)17(21)13-8-9-14(11-20)16(18)10-13/h8-12,15H,3-7H2,1-2H3. The lowest BCUT2D eigenvalue weighted by Crippen LogP contribution is -2.45. The fraction of sp³-hybridized carbons (Fsp3) is 0.529. The summed E-state index contributed by atoms with van der Waals surface area (Å²) >= 11 is 3.36. The monoisotopic (exact) mass is 351 g/mol. The van der Waals surface area contributed by atoms with Gasteiger partial charge < -0.3 is 4.90 Å². The highest BCUT2D eigenvalue weighted by Gasteiger charge is 2.28. The van der Waals surface area contributed by atoms with E-state index in [1.165, 1.54) is 19.3 Å². The van der Waals surface area contributed by atoms with Crippen molar-refractivity contribution >= 4 is 28.1 Å². The lowest BCUT2D eigenvalue weighted by atomic mass is 9.92. The van der Waals surface area contributed by atoms with E-state index in [4.69, 9.17) is 0 Å². The SMILES string of the molecule is CC(C)N(C(=O)c1ccc(C=O)c(Br)c1)C1CCCCC1. The van der Waals surface area contributed by atoms with Crippen LogP contribution in [0.4, 0.5) is 0 Å². The molecule has 0 atom stereocenters. The van der Waals surface area contributed by atoms with Gasteiger partial charge in [0.25, 0.3) is 5.91 Å². The first kappa shape index (κ1) is 16.2. The van der Waals surface area contributed by atoms with Gasteiger partial charge in [-0.25, -0.2) is 0 Å². The summed E-state index contributed by atoms with van der Waals surface area (Å²) in [5.74, 6) is 0.0649. The molecule has 2 rings (SSSR count). The van der Waals surface area contributed by atoms with Crippen LogP contribution in [0, 0.1) is 0 Å². The van der Waals surface area contributed by atoms with Crippen molar-refractivity contribution in [2.45, 2.75) is 58.0 Å². The van der Waals surface area contributed by atoms with Crippen LogP contribution in [0.2, 0.25) is 0 Å². The molecule has 0 spiro atoms. The molecular weight excluding hydrogens is 330 g/mol. The molecule has 0 N–H and O–H groups in total. The van der Waals surface area contributed by atoms with Crippen LogP contribution in [-0.2, 0) is 0 Å². The minimum absolute atomic E-state index is 0.0649. The molecule has 1 aliphatic rings. The second-order valence-corrected chi connectivity index (χ2v) is 6.81. The molecule has 0 aliphatic heterocycles. The van der Waals surface area contributed by atoms with Gasteiger partial charge >= 0.3 is 0 Å². The molecule has 21 heavy (non-hydrogen) atoms. The van der Waals surface area contributed by atoms with Crippen LogP contribution in [-0.4, -0.2) is 29.2 Å². The van der Waals surface area contributed by atoms with Crippen LogP contribution in [0.5, 0.6) is 0 Å². The number of hydrogen-bond acceptors (Lipinski definition) is 2. The highest BCUT2D eigenvalue weighted by molar-refractivity contribution is 9.10. The smallest absolute Gasteiger partial charge is 0.254 e. The first-order chi connectivity index (χ1) is 10.0.